The van der Waals surface area contributed by atoms with Crippen molar-refractivity contribution < 1.29 is 9.84 Å². The summed E-state index contributed by atoms with van der Waals surface area (Å²) < 4.78 is 6.37. The van der Waals surface area contributed by atoms with Crippen molar-refractivity contribution in [1.82, 2.24) is 0 Å². The summed E-state index contributed by atoms with van der Waals surface area (Å²) in [4.78, 5) is 2.28. The highest BCUT2D eigenvalue weighted by molar-refractivity contribution is 9.10. The van der Waals surface area contributed by atoms with Crippen molar-refractivity contribution in [2.24, 2.45) is 0 Å². The van der Waals surface area contributed by atoms with E-state index in [1.54, 1.807) is 14.0 Å². The van der Waals surface area contributed by atoms with E-state index in [0.29, 0.717) is 6.10 Å². The van der Waals surface area contributed by atoms with Crippen LogP contribution in [-0.4, -0.2) is 31.4 Å². The Kier molecular flexibility index (Phi) is 4.07. The molecule has 0 aliphatic carbocycles. The van der Waals surface area contributed by atoms with Crippen molar-refractivity contribution in [2.75, 3.05) is 25.1 Å². The van der Waals surface area contributed by atoms with Gasteiger partial charge in [0.15, 0.2) is 0 Å². The molecule has 3 nitrogen and oxygen atoms in total. The van der Waals surface area contributed by atoms with Gasteiger partial charge in [0.05, 0.1) is 12.2 Å². The van der Waals surface area contributed by atoms with Crippen LogP contribution in [0.2, 0.25) is 0 Å². The Morgan fingerprint density at radius 3 is 2.88 bits per heavy atom. The summed E-state index contributed by atoms with van der Waals surface area (Å²) in [6.07, 6.45) is 0.899. The second-order valence-corrected chi connectivity index (χ2v) is 5.39. The molecule has 0 bridgehead atoms. The Hall–Kier alpha value is -0.580. The fourth-order valence-corrected chi connectivity index (χ4v) is 2.67. The Balaban J connectivity index is 2.26. The fraction of sp³-hybridized carbons (Fsp3) is 0.538. The molecular weight excluding hydrogens is 282 g/mol. The quantitative estimate of drug-likeness (QED) is 0.931. The Morgan fingerprint density at radius 1 is 1.53 bits per heavy atom. The molecule has 1 aromatic carbocycles. The number of rotatable bonds is 3. The molecule has 17 heavy (non-hydrogen) atoms. The number of benzene rings is 1. The SMILES string of the molecule is COC1CCN(c2ccc(Br)cc2C(C)O)C1. The van der Waals surface area contributed by atoms with Gasteiger partial charge in [-0.1, -0.05) is 15.9 Å². The average Bonchev–Trinajstić information content (AvgIpc) is 2.77. The predicted molar refractivity (Wildman–Crippen MR) is 72.4 cm³/mol. The first-order valence-electron chi connectivity index (χ1n) is 5.87. The van der Waals surface area contributed by atoms with Gasteiger partial charge in [0.2, 0.25) is 0 Å². The Labute approximate surface area is 111 Å². The molecule has 2 unspecified atom stereocenters. The third-order valence-electron chi connectivity index (χ3n) is 3.26. The molecule has 94 valence electrons. The minimum atomic E-state index is -0.455. The Bertz CT molecular complexity index is 395. The van der Waals surface area contributed by atoms with Crippen LogP contribution in [0.15, 0.2) is 22.7 Å². The first-order valence-corrected chi connectivity index (χ1v) is 6.66. The third kappa shape index (κ3) is 2.81. The maximum absolute atomic E-state index is 9.83. The normalized spacial score (nSPS) is 21.9. The van der Waals surface area contributed by atoms with Gasteiger partial charge in [0, 0.05) is 35.9 Å². The summed E-state index contributed by atoms with van der Waals surface area (Å²) in [5, 5.41) is 9.83. The minimum Gasteiger partial charge on any atom is -0.389 e. The van der Waals surface area contributed by atoms with E-state index in [9.17, 15) is 5.11 Å². The Morgan fingerprint density at radius 2 is 2.29 bits per heavy atom. The molecular formula is C13H18BrNO2. The maximum atomic E-state index is 9.83. The molecule has 1 aliphatic heterocycles. The minimum absolute atomic E-state index is 0.306. The van der Waals surface area contributed by atoms with Crippen LogP contribution in [0.25, 0.3) is 0 Å². The van der Waals surface area contributed by atoms with Crippen LogP contribution in [0.5, 0.6) is 0 Å². The lowest BCUT2D eigenvalue weighted by molar-refractivity contribution is 0.121. The molecule has 1 heterocycles. The van der Waals surface area contributed by atoms with Crippen LogP contribution in [-0.2, 0) is 4.74 Å². The van der Waals surface area contributed by atoms with Gasteiger partial charge >= 0.3 is 0 Å². The first kappa shape index (κ1) is 12.9. The van der Waals surface area contributed by atoms with Crippen LogP contribution in [0, 0.1) is 0 Å². The fourth-order valence-electron chi connectivity index (χ4n) is 2.29. The zero-order valence-electron chi connectivity index (χ0n) is 10.2. The second kappa shape index (κ2) is 5.38. The number of hydrogen-bond acceptors (Lipinski definition) is 3. The zero-order chi connectivity index (χ0) is 12.4. The summed E-state index contributed by atoms with van der Waals surface area (Å²) in [6, 6.07) is 6.06. The van der Waals surface area contributed by atoms with E-state index in [2.05, 4.69) is 26.9 Å². The monoisotopic (exact) mass is 299 g/mol. The van der Waals surface area contributed by atoms with Gasteiger partial charge in [-0.3, -0.25) is 0 Å². The van der Waals surface area contributed by atoms with E-state index < -0.39 is 6.10 Å². The number of aliphatic hydroxyl groups is 1. The zero-order valence-corrected chi connectivity index (χ0v) is 11.8. The van der Waals surface area contributed by atoms with E-state index in [4.69, 9.17) is 4.74 Å². The van der Waals surface area contributed by atoms with Crippen LogP contribution >= 0.6 is 15.9 Å². The number of ether oxygens (including phenoxy) is 1. The molecule has 1 N–H and O–H groups in total. The lowest BCUT2D eigenvalue weighted by Crippen LogP contribution is -2.23. The highest BCUT2D eigenvalue weighted by Crippen LogP contribution is 2.31. The van der Waals surface area contributed by atoms with Crippen molar-refractivity contribution in [3.05, 3.63) is 28.2 Å². The number of aliphatic hydroxyl groups excluding tert-OH is 1. The van der Waals surface area contributed by atoms with Gasteiger partial charge in [-0.2, -0.15) is 0 Å². The van der Waals surface area contributed by atoms with Crippen LogP contribution in [0.3, 0.4) is 0 Å². The molecule has 1 aromatic rings. The average molecular weight is 300 g/mol. The number of hydrogen-bond donors (Lipinski definition) is 1. The molecule has 2 atom stereocenters. The molecule has 1 saturated heterocycles. The second-order valence-electron chi connectivity index (χ2n) is 4.47. The lowest BCUT2D eigenvalue weighted by atomic mass is 10.1. The highest BCUT2D eigenvalue weighted by Gasteiger charge is 2.24. The number of methoxy groups -OCH3 is 1. The molecule has 1 fully saturated rings. The van der Waals surface area contributed by atoms with Crippen molar-refractivity contribution >= 4 is 21.6 Å². The lowest BCUT2D eigenvalue weighted by Gasteiger charge is -2.23. The largest absolute Gasteiger partial charge is 0.389 e. The summed E-state index contributed by atoms with van der Waals surface area (Å²) >= 11 is 3.44. The van der Waals surface area contributed by atoms with E-state index >= 15 is 0 Å². The summed E-state index contributed by atoms with van der Waals surface area (Å²) in [7, 11) is 1.76. The third-order valence-corrected chi connectivity index (χ3v) is 3.75. The highest BCUT2D eigenvalue weighted by atomic mass is 79.9. The van der Waals surface area contributed by atoms with E-state index in [1.165, 1.54) is 0 Å². The molecule has 0 spiro atoms. The van der Waals surface area contributed by atoms with Crippen LogP contribution in [0.4, 0.5) is 5.69 Å². The number of nitrogens with zero attached hydrogens (tertiary/aromatic N) is 1. The van der Waals surface area contributed by atoms with Crippen molar-refractivity contribution in [3.8, 4) is 0 Å². The topological polar surface area (TPSA) is 32.7 Å². The molecule has 0 aromatic heterocycles. The summed E-state index contributed by atoms with van der Waals surface area (Å²) in [6.45, 7) is 3.69. The first-order chi connectivity index (χ1) is 8.11. The van der Waals surface area contributed by atoms with Crippen LogP contribution < -0.4 is 4.90 Å². The van der Waals surface area contributed by atoms with E-state index in [0.717, 1.165) is 35.2 Å². The molecule has 0 amide bonds. The standard InChI is InChI=1S/C13H18BrNO2/c1-9(16)12-7-10(14)3-4-13(12)15-6-5-11(8-15)17-2/h3-4,7,9,11,16H,5-6,8H2,1-2H3. The smallest absolute Gasteiger partial charge is 0.0782 e. The van der Waals surface area contributed by atoms with Crippen molar-refractivity contribution in [1.29, 1.82) is 0 Å². The van der Waals surface area contributed by atoms with Crippen molar-refractivity contribution in [3.63, 3.8) is 0 Å². The van der Waals surface area contributed by atoms with Crippen LogP contribution in [0.1, 0.15) is 25.0 Å². The maximum Gasteiger partial charge on any atom is 0.0782 e. The summed E-state index contributed by atoms with van der Waals surface area (Å²) in [5.74, 6) is 0. The summed E-state index contributed by atoms with van der Waals surface area (Å²) in [5.41, 5.74) is 2.08. The predicted octanol–water partition coefficient (Wildman–Crippen LogP) is 2.73. The molecule has 0 saturated carbocycles. The van der Waals surface area contributed by atoms with E-state index in [1.807, 2.05) is 12.1 Å². The van der Waals surface area contributed by atoms with Crippen molar-refractivity contribution in [2.45, 2.75) is 25.6 Å². The molecule has 0 radical (unpaired) electrons. The molecule has 1 aliphatic rings. The molecule has 2 rings (SSSR count). The van der Waals surface area contributed by atoms with Gasteiger partial charge < -0.3 is 14.7 Å². The van der Waals surface area contributed by atoms with Gasteiger partial charge in [-0.15, -0.1) is 0 Å². The van der Waals surface area contributed by atoms with Gasteiger partial charge in [0.1, 0.15) is 0 Å². The van der Waals surface area contributed by atoms with Gasteiger partial charge in [-0.25, -0.2) is 0 Å². The molecule has 4 heteroatoms. The number of anilines is 1. The van der Waals surface area contributed by atoms with Gasteiger partial charge in [-0.05, 0) is 31.5 Å². The number of halogens is 1. The van der Waals surface area contributed by atoms with Gasteiger partial charge in [0.25, 0.3) is 0 Å². The van der Waals surface area contributed by atoms with E-state index in [-0.39, 0.29) is 0 Å².